The van der Waals surface area contributed by atoms with Crippen LogP contribution in [0, 0.1) is 19.8 Å². The number of thiazole rings is 1. The van der Waals surface area contributed by atoms with Gasteiger partial charge in [-0.2, -0.15) is 8.42 Å². The quantitative estimate of drug-likeness (QED) is 0.466. The molecule has 2 N–H and O–H groups in total. The van der Waals surface area contributed by atoms with E-state index in [0.717, 1.165) is 33.3 Å². The molecule has 35 heavy (non-hydrogen) atoms. The van der Waals surface area contributed by atoms with Crippen molar-refractivity contribution in [2.75, 3.05) is 19.6 Å². The number of rotatable bonds is 4. The van der Waals surface area contributed by atoms with Gasteiger partial charge in [0.25, 0.3) is 16.0 Å². The van der Waals surface area contributed by atoms with Gasteiger partial charge >= 0.3 is 0 Å². The molecule has 0 unspecified atom stereocenters. The average Bonchev–Trinajstić information content (AvgIpc) is 3.22. The zero-order chi connectivity index (χ0) is 25.2. The molecule has 0 radical (unpaired) electrons. The third kappa shape index (κ3) is 6.48. The van der Waals surface area contributed by atoms with Crippen molar-refractivity contribution in [3.63, 3.8) is 0 Å². The first-order chi connectivity index (χ1) is 16.6. The number of hydrogen-bond donors (Lipinski definition) is 2. The minimum absolute atomic E-state index is 0.0176. The van der Waals surface area contributed by atoms with Crippen LogP contribution in [0.3, 0.4) is 0 Å². The van der Waals surface area contributed by atoms with E-state index in [1.807, 2.05) is 38.1 Å². The number of fused-ring (bicyclic) bond motifs is 3. The maximum absolute atomic E-state index is 12.7. The number of nitrogens with zero attached hydrogens (tertiary/aromatic N) is 2. The summed E-state index contributed by atoms with van der Waals surface area (Å²) in [6.45, 7) is 7.09. The normalized spacial score (nSPS) is 21.2. The summed E-state index contributed by atoms with van der Waals surface area (Å²) in [6, 6.07) is 13.8. The summed E-state index contributed by atoms with van der Waals surface area (Å²) in [5.74, 6) is 0.645. The van der Waals surface area contributed by atoms with Crippen LogP contribution in [0.2, 0.25) is 5.02 Å². The van der Waals surface area contributed by atoms with Gasteiger partial charge in [0.2, 0.25) is 0 Å². The van der Waals surface area contributed by atoms with Crippen LogP contribution in [-0.4, -0.2) is 54.4 Å². The van der Waals surface area contributed by atoms with Crippen LogP contribution in [0.15, 0.2) is 53.4 Å². The van der Waals surface area contributed by atoms with Crippen LogP contribution in [-0.2, 0) is 10.1 Å². The Morgan fingerprint density at radius 3 is 2.26 bits per heavy atom. The summed E-state index contributed by atoms with van der Waals surface area (Å²) in [4.78, 5) is 20.4. The molecule has 3 aromatic rings. The number of aromatic nitrogens is 1. The molecule has 0 aliphatic carbocycles. The monoisotopic (exact) mass is 533 g/mol. The molecule has 186 valence electrons. The predicted molar refractivity (Wildman–Crippen MR) is 139 cm³/mol. The van der Waals surface area contributed by atoms with Crippen molar-refractivity contribution in [1.29, 1.82) is 0 Å². The van der Waals surface area contributed by atoms with Crippen molar-refractivity contribution in [2.45, 2.75) is 37.6 Å². The molecule has 7 nitrogen and oxygen atoms in total. The summed E-state index contributed by atoms with van der Waals surface area (Å²) in [5, 5.41) is 4.82. The van der Waals surface area contributed by atoms with Gasteiger partial charge in [-0.05, 0) is 70.0 Å². The van der Waals surface area contributed by atoms with Crippen LogP contribution < -0.4 is 5.32 Å². The minimum atomic E-state index is -4.02. The Labute approximate surface area is 214 Å². The van der Waals surface area contributed by atoms with E-state index < -0.39 is 10.1 Å². The molecule has 1 atom stereocenters. The fraction of sp³-hybridized carbons (Fsp3) is 0.360. The van der Waals surface area contributed by atoms with E-state index in [9.17, 15) is 13.2 Å². The fourth-order valence-electron chi connectivity index (χ4n) is 4.40. The molecule has 6 rings (SSSR count). The molecule has 3 fully saturated rings. The standard InChI is InChI=1S/C18H20ClN3OS.C7H8O3S/c1-11-16(24-18(20-11)13-2-4-14(19)5-3-13)17(23)21-15-10-22-8-6-12(15)7-9-22;1-6-2-4-7(5-3-6)11(8,9)10/h2-5,12,15H,6-10H2,1H3,(H,21,23);2-5H,1H3,(H,8,9,10)/t15-;/m0./s1. The third-order valence-electron chi connectivity index (χ3n) is 6.39. The molecule has 2 bridgehead atoms. The van der Waals surface area contributed by atoms with Gasteiger partial charge in [0.1, 0.15) is 9.88 Å². The molecule has 0 spiro atoms. The second-order valence-corrected chi connectivity index (χ2v) is 11.8. The molecule has 1 amide bonds. The number of halogens is 1. The van der Waals surface area contributed by atoms with E-state index in [-0.39, 0.29) is 16.8 Å². The molecule has 3 saturated heterocycles. The van der Waals surface area contributed by atoms with Crippen molar-refractivity contribution in [3.8, 4) is 10.6 Å². The average molecular weight is 534 g/mol. The topological polar surface area (TPSA) is 99.6 Å². The Kier molecular flexibility index (Phi) is 7.92. The first-order valence-electron chi connectivity index (χ1n) is 11.4. The number of amides is 1. The molecule has 0 saturated carbocycles. The summed E-state index contributed by atoms with van der Waals surface area (Å²) >= 11 is 7.40. The lowest BCUT2D eigenvalue weighted by atomic mass is 9.84. The molecular formula is C25H28ClN3O4S2. The van der Waals surface area contributed by atoms with Crippen molar-refractivity contribution >= 4 is 39.0 Å². The van der Waals surface area contributed by atoms with Crippen LogP contribution in [0.5, 0.6) is 0 Å². The second-order valence-electron chi connectivity index (χ2n) is 8.95. The number of nitrogens with one attached hydrogen (secondary N) is 1. The van der Waals surface area contributed by atoms with E-state index in [2.05, 4.69) is 15.2 Å². The smallest absolute Gasteiger partial charge is 0.294 e. The zero-order valence-corrected chi connectivity index (χ0v) is 22.0. The van der Waals surface area contributed by atoms with E-state index in [0.29, 0.717) is 10.9 Å². The Morgan fingerprint density at radius 1 is 1.09 bits per heavy atom. The summed E-state index contributed by atoms with van der Waals surface area (Å²) in [5.41, 5.74) is 2.75. The van der Waals surface area contributed by atoms with Gasteiger partial charge in [0, 0.05) is 23.2 Å². The van der Waals surface area contributed by atoms with Crippen LogP contribution in [0.4, 0.5) is 0 Å². The van der Waals surface area contributed by atoms with E-state index >= 15 is 0 Å². The molecule has 4 heterocycles. The maximum atomic E-state index is 12.7. The highest BCUT2D eigenvalue weighted by atomic mass is 35.5. The molecule has 3 aliphatic rings. The number of carbonyl (C=O) groups is 1. The van der Waals surface area contributed by atoms with Gasteiger partial charge in [-0.15, -0.1) is 11.3 Å². The lowest BCUT2D eigenvalue weighted by molar-refractivity contribution is 0.0622. The predicted octanol–water partition coefficient (Wildman–Crippen LogP) is 4.84. The highest BCUT2D eigenvalue weighted by Crippen LogP contribution is 2.31. The Morgan fingerprint density at radius 2 is 1.71 bits per heavy atom. The summed E-state index contributed by atoms with van der Waals surface area (Å²) < 4.78 is 29.6. The fourth-order valence-corrected chi connectivity index (χ4v) is 5.98. The van der Waals surface area contributed by atoms with Gasteiger partial charge < -0.3 is 10.2 Å². The highest BCUT2D eigenvalue weighted by Gasteiger charge is 2.35. The Balaban J connectivity index is 0.000000221. The Bertz CT molecular complexity index is 1280. The maximum Gasteiger partial charge on any atom is 0.294 e. The minimum Gasteiger partial charge on any atom is -0.347 e. The lowest BCUT2D eigenvalue weighted by Gasteiger charge is -2.44. The van der Waals surface area contributed by atoms with Gasteiger partial charge in [-0.25, -0.2) is 4.98 Å². The van der Waals surface area contributed by atoms with Gasteiger partial charge in [0.15, 0.2) is 0 Å². The van der Waals surface area contributed by atoms with Crippen molar-refractivity contribution in [1.82, 2.24) is 15.2 Å². The Hall–Kier alpha value is -2.30. The molecule has 1 aromatic heterocycles. The first kappa shape index (κ1) is 25.8. The number of carbonyl (C=O) groups excluding carboxylic acids is 1. The molecule has 2 aromatic carbocycles. The van der Waals surface area contributed by atoms with Crippen LogP contribution in [0.25, 0.3) is 10.6 Å². The van der Waals surface area contributed by atoms with E-state index in [1.54, 1.807) is 12.1 Å². The van der Waals surface area contributed by atoms with Crippen molar-refractivity contribution in [2.24, 2.45) is 5.92 Å². The second kappa shape index (κ2) is 10.8. The van der Waals surface area contributed by atoms with Crippen LogP contribution in [0.1, 0.15) is 33.8 Å². The molecule has 10 heteroatoms. The number of aryl methyl sites for hydroxylation is 2. The zero-order valence-electron chi connectivity index (χ0n) is 19.6. The van der Waals surface area contributed by atoms with E-state index in [4.69, 9.17) is 16.2 Å². The SMILES string of the molecule is Cc1ccc(S(=O)(=O)O)cc1.Cc1nc(-c2ccc(Cl)cc2)sc1C(=O)N[C@H]1CN2CCC1CC2. The van der Waals surface area contributed by atoms with E-state index in [1.165, 1.54) is 49.4 Å². The summed E-state index contributed by atoms with van der Waals surface area (Å²) in [6.07, 6.45) is 2.39. The highest BCUT2D eigenvalue weighted by molar-refractivity contribution is 7.85. The summed E-state index contributed by atoms with van der Waals surface area (Å²) in [7, 11) is -4.02. The number of piperidine rings is 3. The van der Waals surface area contributed by atoms with Gasteiger partial charge in [-0.1, -0.05) is 41.4 Å². The number of hydrogen-bond acceptors (Lipinski definition) is 6. The van der Waals surface area contributed by atoms with Crippen molar-refractivity contribution < 1.29 is 17.8 Å². The van der Waals surface area contributed by atoms with Gasteiger partial charge in [-0.3, -0.25) is 9.35 Å². The largest absolute Gasteiger partial charge is 0.347 e. The third-order valence-corrected chi connectivity index (χ3v) is 8.71. The van der Waals surface area contributed by atoms with Crippen LogP contribution >= 0.6 is 22.9 Å². The lowest BCUT2D eigenvalue weighted by Crippen LogP contribution is -2.57. The first-order valence-corrected chi connectivity index (χ1v) is 14.0. The molecule has 3 aliphatic heterocycles. The van der Waals surface area contributed by atoms with Crippen molar-refractivity contribution in [3.05, 3.63) is 69.7 Å². The molecular weight excluding hydrogens is 506 g/mol. The van der Waals surface area contributed by atoms with Gasteiger partial charge in [0.05, 0.1) is 10.6 Å². The number of benzene rings is 2.